The first-order valence-corrected chi connectivity index (χ1v) is 7.36. The van der Waals surface area contributed by atoms with Gasteiger partial charge in [0.1, 0.15) is 18.1 Å². The molecule has 0 saturated carbocycles. The zero-order valence-corrected chi connectivity index (χ0v) is 12.8. The maximum Gasteiger partial charge on any atom is 0.232 e. The topological polar surface area (TPSA) is 38.8 Å². The standard InChI is InChI=1S/C18H19NO3/c1-13-12-22-17-10-6-4-8-15(17)19(13)18(20)11-14-7-3-5-9-16(14)21-2/h3-10,13H,11-12H2,1-2H3. The molecule has 1 heterocycles. The molecule has 1 amide bonds. The van der Waals surface area contributed by atoms with Crippen molar-refractivity contribution in [3.05, 3.63) is 54.1 Å². The van der Waals surface area contributed by atoms with Crippen LogP contribution in [0.5, 0.6) is 11.5 Å². The predicted octanol–water partition coefficient (Wildman–Crippen LogP) is 3.05. The molecule has 0 N–H and O–H groups in total. The first kappa shape index (κ1) is 14.4. The molecule has 114 valence electrons. The minimum Gasteiger partial charge on any atom is -0.496 e. The fourth-order valence-electron chi connectivity index (χ4n) is 2.78. The van der Waals surface area contributed by atoms with E-state index >= 15 is 0 Å². The number of carbonyl (C=O) groups excluding carboxylic acids is 1. The van der Waals surface area contributed by atoms with Crippen LogP contribution in [0.2, 0.25) is 0 Å². The number of hydrogen-bond acceptors (Lipinski definition) is 3. The molecular formula is C18H19NO3. The van der Waals surface area contributed by atoms with Gasteiger partial charge in [-0.3, -0.25) is 4.79 Å². The Morgan fingerprint density at radius 1 is 1.23 bits per heavy atom. The lowest BCUT2D eigenvalue weighted by Gasteiger charge is -2.35. The molecule has 1 aliphatic heterocycles. The van der Waals surface area contributed by atoms with Gasteiger partial charge in [0.25, 0.3) is 0 Å². The van der Waals surface area contributed by atoms with Gasteiger partial charge in [0.15, 0.2) is 0 Å². The van der Waals surface area contributed by atoms with E-state index in [1.807, 2.05) is 60.4 Å². The van der Waals surface area contributed by atoms with Crippen molar-refractivity contribution < 1.29 is 14.3 Å². The summed E-state index contributed by atoms with van der Waals surface area (Å²) in [7, 11) is 1.62. The molecule has 2 aromatic rings. The maximum atomic E-state index is 12.8. The Hall–Kier alpha value is -2.49. The smallest absolute Gasteiger partial charge is 0.232 e. The lowest BCUT2D eigenvalue weighted by Crippen LogP contribution is -2.45. The fraction of sp³-hybridized carbons (Fsp3) is 0.278. The minimum absolute atomic E-state index is 0.0112. The number of methoxy groups -OCH3 is 1. The van der Waals surface area contributed by atoms with Gasteiger partial charge >= 0.3 is 0 Å². The summed E-state index contributed by atoms with van der Waals surface area (Å²) in [6, 6.07) is 15.3. The third kappa shape index (κ3) is 2.64. The quantitative estimate of drug-likeness (QED) is 0.874. The van der Waals surface area contributed by atoms with Crippen LogP contribution in [0.3, 0.4) is 0 Å². The Morgan fingerprint density at radius 2 is 1.95 bits per heavy atom. The van der Waals surface area contributed by atoms with Crippen molar-refractivity contribution in [1.29, 1.82) is 0 Å². The van der Waals surface area contributed by atoms with Crippen LogP contribution in [0.4, 0.5) is 5.69 Å². The minimum atomic E-state index is 0.0112. The highest BCUT2D eigenvalue weighted by Gasteiger charge is 2.29. The van der Waals surface area contributed by atoms with Gasteiger partial charge in [-0.1, -0.05) is 30.3 Å². The van der Waals surface area contributed by atoms with E-state index in [1.165, 1.54) is 0 Å². The highest BCUT2D eigenvalue weighted by Crippen LogP contribution is 2.34. The van der Waals surface area contributed by atoms with Crippen molar-refractivity contribution in [3.63, 3.8) is 0 Å². The van der Waals surface area contributed by atoms with E-state index in [0.29, 0.717) is 13.0 Å². The molecule has 3 rings (SSSR count). The van der Waals surface area contributed by atoms with Crippen molar-refractivity contribution in [3.8, 4) is 11.5 Å². The number of anilines is 1. The van der Waals surface area contributed by atoms with Gasteiger partial charge in [-0.25, -0.2) is 0 Å². The largest absolute Gasteiger partial charge is 0.496 e. The zero-order chi connectivity index (χ0) is 15.5. The Labute approximate surface area is 130 Å². The average molecular weight is 297 g/mol. The van der Waals surface area contributed by atoms with E-state index in [0.717, 1.165) is 22.7 Å². The molecule has 4 heteroatoms. The maximum absolute atomic E-state index is 12.8. The van der Waals surface area contributed by atoms with Crippen molar-refractivity contribution in [2.24, 2.45) is 0 Å². The summed E-state index contributed by atoms with van der Waals surface area (Å²) in [5, 5.41) is 0. The normalized spacial score (nSPS) is 16.6. The summed E-state index contributed by atoms with van der Waals surface area (Å²) < 4.78 is 11.0. The zero-order valence-electron chi connectivity index (χ0n) is 12.8. The van der Waals surface area contributed by atoms with Crippen molar-refractivity contribution >= 4 is 11.6 Å². The molecule has 0 fully saturated rings. The highest BCUT2D eigenvalue weighted by molar-refractivity contribution is 5.97. The molecule has 4 nitrogen and oxygen atoms in total. The van der Waals surface area contributed by atoms with Gasteiger partial charge in [0.2, 0.25) is 5.91 Å². The third-order valence-corrected chi connectivity index (χ3v) is 3.85. The van der Waals surface area contributed by atoms with E-state index in [4.69, 9.17) is 9.47 Å². The van der Waals surface area contributed by atoms with Crippen LogP contribution in [0.25, 0.3) is 0 Å². The van der Waals surface area contributed by atoms with Crippen molar-refractivity contribution in [1.82, 2.24) is 0 Å². The number of ether oxygens (including phenoxy) is 2. The summed E-state index contributed by atoms with van der Waals surface area (Å²) in [5.74, 6) is 1.55. The van der Waals surface area contributed by atoms with Gasteiger partial charge in [-0.05, 0) is 25.1 Å². The summed E-state index contributed by atoms with van der Waals surface area (Å²) in [6.07, 6.45) is 0.308. The van der Waals surface area contributed by atoms with Gasteiger partial charge < -0.3 is 14.4 Å². The summed E-state index contributed by atoms with van der Waals surface area (Å²) in [5.41, 5.74) is 1.73. The molecule has 0 saturated heterocycles. The van der Waals surface area contributed by atoms with Crippen LogP contribution in [-0.4, -0.2) is 25.7 Å². The van der Waals surface area contributed by atoms with Crippen LogP contribution in [0.15, 0.2) is 48.5 Å². The van der Waals surface area contributed by atoms with Gasteiger partial charge in [0, 0.05) is 5.56 Å². The van der Waals surface area contributed by atoms with Crippen LogP contribution < -0.4 is 14.4 Å². The second kappa shape index (κ2) is 6.10. The lowest BCUT2D eigenvalue weighted by atomic mass is 10.1. The third-order valence-electron chi connectivity index (χ3n) is 3.85. The number of carbonyl (C=O) groups is 1. The van der Waals surface area contributed by atoms with Crippen LogP contribution in [0, 0.1) is 0 Å². The Morgan fingerprint density at radius 3 is 2.77 bits per heavy atom. The molecule has 1 unspecified atom stereocenters. The summed E-state index contributed by atoms with van der Waals surface area (Å²) in [4.78, 5) is 14.6. The molecule has 0 aromatic heterocycles. The molecule has 1 aliphatic rings. The number of para-hydroxylation sites is 3. The highest BCUT2D eigenvalue weighted by atomic mass is 16.5. The van der Waals surface area contributed by atoms with Gasteiger partial charge in [-0.15, -0.1) is 0 Å². The molecule has 0 radical (unpaired) electrons. The van der Waals surface area contributed by atoms with Gasteiger partial charge in [0.05, 0.1) is 25.3 Å². The molecule has 1 atom stereocenters. The lowest BCUT2D eigenvalue weighted by molar-refractivity contribution is -0.118. The molecular weight excluding hydrogens is 278 g/mol. The number of nitrogens with zero attached hydrogens (tertiary/aromatic N) is 1. The fourth-order valence-corrected chi connectivity index (χ4v) is 2.78. The average Bonchev–Trinajstić information content (AvgIpc) is 2.55. The van der Waals surface area contributed by atoms with Crippen molar-refractivity contribution in [2.45, 2.75) is 19.4 Å². The van der Waals surface area contributed by atoms with E-state index < -0.39 is 0 Å². The molecule has 0 spiro atoms. The molecule has 2 aromatic carbocycles. The monoisotopic (exact) mass is 297 g/mol. The van der Waals surface area contributed by atoms with Crippen LogP contribution >= 0.6 is 0 Å². The van der Waals surface area contributed by atoms with E-state index in [-0.39, 0.29) is 11.9 Å². The number of benzene rings is 2. The van der Waals surface area contributed by atoms with Gasteiger partial charge in [-0.2, -0.15) is 0 Å². The van der Waals surface area contributed by atoms with E-state index in [9.17, 15) is 4.79 Å². The van der Waals surface area contributed by atoms with Crippen LogP contribution in [0.1, 0.15) is 12.5 Å². The van der Waals surface area contributed by atoms with Crippen molar-refractivity contribution in [2.75, 3.05) is 18.6 Å². The van der Waals surface area contributed by atoms with E-state index in [2.05, 4.69) is 0 Å². The molecule has 22 heavy (non-hydrogen) atoms. The molecule has 0 aliphatic carbocycles. The SMILES string of the molecule is COc1ccccc1CC(=O)N1c2ccccc2OCC1C. The van der Waals surface area contributed by atoms with Crippen LogP contribution in [-0.2, 0) is 11.2 Å². The predicted molar refractivity (Wildman–Crippen MR) is 85.6 cm³/mol. The second-order valence-corrected chi connectivity index (χ2v) is 5.38. The first-order chi connectivity index (χ1) is 10.7. The number of amides is 1. The second-order valence-electron chi connectivity index (χ2n) is 5.38. The Balaban J connectivity index is 1.89. The Bertz CT molecular complexity index is 684. The summed E-state index contributed by atoms with van der Waals surface area (Å²) in [6.45, 7) is 2.50. The number of rotatable bonds is 3. The summed E-state index contributed by atoms with van der Waals surface area (Å²) >= 11 is 0. The number of fused-ring (bicyclic) bond motifs is 1. The van der Waals surface area contributed by atoms with E-state index in [1.54, 1.807) is 7.11 Å². The number of hydrogen-bond donors (Lipinski definition) is 0. The molecule has 0 bridgehead atoms. The first-order valence-electron chi connectivity index (χ1n) is 7.36. The Kier molecular flexibility index (Phi) is 4.00.